The number of amides is 1. The van der Waals surface area contributed by atoms with Crippen molar-refractivity contribution in [1.29, 1.82) is 0 Å². The molecule has 3 N–H and O–H groups in total. The van der Waals surface area contributed by atoms with E-state index >= 15 is 0 Å². The Bertz CT molecular complexity index is 456. The van der Waals surface area contributed by atoms with Crippen LogP contribution in [0.5, 0.6) is 0 Å². The largest absolute Gasteiger partial charge is 0.356 e. The van der Waals surface area contributed by atoms with E-state index in [-0.39, 0.29) is 30.2 Å². The first-order chi connectivity index (χ1) is 9.65. The van der Waals surface area contributed by atoms with E-state index in [0.717, 1.165) is 18.4 Å². The zero-order chi connectivity index (χ0) is 14.4. The van der Waals surface area contributed by atoms with Gasteiger partial charge in [0.2, 0.25) is 5.91 Å². The maximum Gasteiger partial charge on any atom is 0.220 e. The summed E-state index contributed by atoms with van der Waals surface area (Å²) in [6.07, 6.45) is 5.61. The summed E-state index contributed by atoms with van der Waals surface area (Å²) in [5.74, 6) is 0.142. The van der Waals surface area contributed by atoms with Crippen molar-refractivity contribution in [3.63, 3.8) is 0 Å². The van der Waals surface area contributed by atoms with E-state index in [1.165, 1.54) is 25.0 Å². The molecule has 0 saturated heterocycles. The first kappa shape index (κ1) is 17.9. The van der Waals surface area contributed by atoms with Crippen LogP contribution in [-0.2, 0) is 11.2 Å². The molecule has 1 aliphatic carbocycles. The predicted molar refractivity (Wildman–Crippen MR) is 84.9 cm³/mol. The van der Waals surface area contributed by atoms with E-state index in [2.05, 4.69) is 5.32 Å². The third-order valence-electron chi connectivity index (χ3n) is 4.04. The highest BCUT2D eigenvalue weighted by Gasteiger charge is 2.23. The molecule has 1 aromatic carbocycles. The molecule has 0 aliphatic heterocycles. The van der Waals surface area contributed by atoms with Crippen molar-refractivity contribution in [3.05, 3.63) is 35.6 Å². The molecule has 0 heterocycles. The lowest BCUT2D eigenvalue weighted by Gasteiger charge is -2.27. The Morgan fingerprint density at radius 3 is 2.81 bits per heavy atom. The Hall–Kier alpha value is -1.13. The van der Waals surface area contributed by atoms with E-state index in [9.17, 15) is 9.18 Å². The van der Waals surface area contributed by atoms with Gasteiger partial charge in [-0.3, -0.25) is 4.79 Å². The van der Waals surface area contributed by atoms with E-state index in [4.69, 9.17) is 5.73 Å². The molecule has 1 aromatic rings. The molecule has 2 rings (SSSR count). The van der Waals surface area contributed by atoms with Crippen LogP contribution in [0.25, 0.3) is 0 Å². The Morgan fingerprint density at radius 2 is 2.10 bits per heavy atom. The minimum atomic E-state index is -0.234. The fourth-order valence-corrected chi connectivity index (χ4v) is 2.84. The molecule has 1 saturated carbocycles. The van der Waals surface area contributed by atoms with Gasteiger partial charge in [0.25, 0.3) is 0 Å². The summed E-state index contributed by atoms with van der Waals surface area (Å²) >= 11 is 0. The van der Waals surface area contributed by atoms with Crippen LogP contribution >= 0.6 is 12.4 Å². The molecule has 0 bridgehead atoms. The molecular weight excluding hydrogens is 291 g/mol. The molecule has 21 heavy (non-hydrogen) atoms. The SMILES string of the molecule is Cl.NC1CCCCC1CC(=O)NCCc1cccc(F)c1. The zero-order valence-corrected chi connectivity index (χ0v) is 13.0. The summed E-state index contributed by atoms with van der Waals surface area (Å²) in [4.78, 5) is 11.9. The summed E-state index contributed by atoms with van der Waals surface area (Å²) in [5, 5.41) is 2.90. The van der Waals surface area contributed by atoms with Gasteiger partial charge in [-0.15, -0.1) is 12.4 Å². The van der Waals surface area contributed by atoms with Gasteiger partial charge in [-0.2, -0.15) is 0 Å². The number of rotatable bonds is 5. The van der Waals surface area contributed by atoms with Gasteiger partial charge in [-0.1, -0.05) is 25.0 Å². The van der Waals surface area contributed by atoms with Gasteiger partial charge in [-0.05, 0) is 42.9 Å². The summed E-state index contributed by atoms with van der Waals surface area (Å²) in [7, 11) is 0. The molecule has 2 unspecified atom stereocenters. The monoisotopic (exact) mass is 314 g/mol. The molecule has 118 valence electrons. The second-order valence-electron chi connectivity index (χ2n) is 5.64. The third-order valence-corrected chi connectivity index (χ3v) is 4.04. The van der Waals surface area contributed by atoms with Gasteiger partial charge in [0, 0.05) is 19.0 Å². The van der Waals surface area contributed by atoms with Crippen molar-refractivity contribution >= 4 is 18.3 Å². The molecule has 2 atom stereocenters. The van der Waals surface area contributed by atoms with Crippen molar-refractivity contribution in [3.8, 4) is 0 Å². The number of hydrogen-bond acceptors (Lipinski definition) is 2. The second-order valence-corrected chi connectivity index (χ2v) is 5.64. The number of nitrogens with two attached hydrogens (primary N) is 1. The Balaban J connectivity index is 0.00000220. The molecular formula is C16H24ClFN2O. The molecule has 1 fully saturated rings. The maximum absolute atomic E-state index is 13.0. The standard InChI is InChI=1S/C16H23FN2O.ClH/c17-14-6-3-4-12(10-14)8-9-19-16(20)11-13-5-1-2-7-15(13)18;/h3-4,6,10,13,15H,1-2,5,7-9,11,18H2,(H,19,20);1H. The number of carbonyl (C=O) groups is 1. The van der Waals surface area contributed by atoms with Crippen LogP contribution in [0.15, 0.2) is 24.3 Å². The Morgan fingerprint density at radius 1 is 1.33 bits per heavy atom. The van der Waals surface area contributed by atoms with Crippen LogP contribution in [-0.4, -0.2) is 18.5 Å². The summed E-state index contributed by atoms with van der Waals surface area (Å²) in [6, 6.07) is 6.65. The number of hydrogen-bond donors (Lipinski definition) is 2. The number of nitrogens with one attached hydrogen (secondary N) is 1. The number of carbonyl (C=O) groups excluding carboxylic acids is 1. The Labute approximate surface area is 131 Å². The molecule has 1 aliphatic rings. The van der Waals surface area contributed by atoms with E-state index in [1.807, 2.05) is 6.07 Å². The maximum atomic E-state index is 13.0. The fraction of sp³-hybridized carbons (Fsp3) is 0.562. The van der Waals surface area contributed by atoms with Gasteiger partial charge in [0.05, 0.1) is 0 Å². The number of benzene rings is 1. The third kappa shape index (κ3) is 6.02. The molecule has 1 amide bonds. The van der Waals surface area contributed by atoms with Crippen LogP contribution in [0.3, 0.4) is 0 Å². The normalized spacial score (nSPS) is 21.4. The second kappa shape index (κ2) is 9.00. The van der Waals surface area contributed by atoms with Gasteiger partial charge in [0.15, 0.2) is 0 Å². The predicted octanol–water partition coefficient (Wildman–Crippen LogP) is 2.81. The molecule has 5 heteroatoms. The number of halogens is 2. The van der Waals surface area contributed by atoms with Crippen LogP contribution < -0.4 is 11.1 Å². The minimum absolute atomic E-state index is 0. The summed E-state index contributed by atoms with van der Waals surface area (Å²) in [5.41, 5.74) is 6.94. The van der Waals surface area contributed by atoms with Gasteiger partial charge >= 0.3 is 0 Å². The average molecular weight is 315 g/mol. The molecule has 0 spiro atoms. The topological polar surface area (TPSA) is 55.1 Å². The Kier molecular flexibility index (Phi) is 7.68. The smallest absolute Gasteiger partial charge is 0.220 e. The van der Waals surface area contributed by atoms with Crippen molar-refractivity contribution in [2.24, 2.45) is 11.7 Å². The van der Waals surface area contributed by atoms with Gasteiger partial charge in [-0.25, -0.2) is 4.39 Å². The first-order valence-corrected chi connectivity index (χ1v) is 7.42. The summed E-state index contributed by atoms with van der Waals surface area (Å²) in [6.45, 7) is 0.546. The van der Waals surface area contributed by atoms with E-state index in [0.29, 0.717) is 25.3 Å². The molecule has 0 radical (unpaired) electrons. The molecule has 0 aromatic heterocycles. The summed E-state index contributed by atoms with van der Waals surface area (Å²) < 4.78 is 13.0. The highest BCUT2D eigenvalue weighted by Crippen LogP contribution is 2.25. The van der Waals surface area contributed by atoms with Gasteiger partial charge < -0.3 is 11.1 Å². The lowest BCUT2D eigenvalue weighted by molar-refractivity contribution is -0.122. The lowest BCUT2D eigenvalue weighted by atomic mass is 9.83. The first-order valence-electron chi connectivity index (χ1n) is 7.42. The van der Waals surface area contributed by atoms with Crippen molar-refractivity contribution in [2.45, 2.75) is 44.6 Å². The van der Waals surface area contributed by atoms with Crippen molar-refractivity contribution in [2.75, 3.05) is 6.54 Å². The molecule has 3 nitrogen and oxygen atoms in total. The minimum Gasteiger partial charge on any atom is -0.356 e. The van der Waals surface area contributed by atoms with Crippen LogP contribution in [0.1, 0.15) is 37.7 Å². The lowest BCUT2D eigenvalue weighted by Crippen LogP contribution is -2.37. The quantitative estimate of drug-likeness (QED) is 0.878. The highest BCUT2D eigenvalue weighted by atomic mass is 35.5. The highest BCUT2D eigenvalue weighted by molar-refractivity contribution is 5.85. The zero-order valence-electron chi connectivity index (χ0n) is 12.2. The van der Waals surface area contributed by atoms with Crippen molar-refractivity contribution < 1.29 is 9.18 Å². The van der Waals surface area contributed by atoms with Crippen LogP contribution in [0.4, 0.5) is 4.39 Å². The average Bonchev–Trinajstić information content (AvgIpc) is 2.41. The fourth-order valence-electron chi connectivity index (χ4n) is 2.84. The van der Waals surface area contributed by atoms with E-state index < -0.39 is 0 Å². The van der Waals surface area contributed by atoms with Gasteiger partial charge in [0.1, 0.15) is 5.82 Å². The van der Waals surface area contributed by atoms with E-state index in [1.54, 1.807) is 6.07 Å². The van der Waals surface area contributed by atoms with Crippen LogP contribution in [0, 0.1) is 11.7 Å². The van der Waals surface area contributed by atoms with Crippen molar-refractivity contribution in [1.82, 2.24) is 5.32 Å². The van der Waals surface area contributed by atoms with Crippen LogP contribution in [0.2, 0.25) is 0 Å².